The van der Waals surface area contributed by atoms with Gasteiger partial charge in [0.1, 0.15) is 16.9 Å². The number of primary amides is 1. The smallest absolute Gasteiger partial charge is 0.261 e. The maximum atomic E-state index is 13.2. The SMILES string of the molecule is CC1(CO)Cc2cc(NC(=O)c3cnn4cccnc34)c(N3CCC(CC(N)=O)CC3)cc2O1. The van der Waals surface area contributed by atoms with Gasteiger partial charge in [0.25, 0.3) is 5.91 Å². The molecule has 178 valence electrons. The van der Waals surface area contributed by atoms with Crippen molar-refractivity contribution in [3.63, 3.8) is 0 Å². The highest BCUT2D eigenvalue weighted by molar-refractivity contribution is 6.09. The Morgan fingerprint density at radius 3 is 2.85 bits per heavy atom. The van der Waals surface area contributed by atoms with E-state index in [2.05, 4.69) is 20.3 Å². The lowest BCUT2D eigenvalue weighted by atomic mass is 9.92. The number of anilines is 2. The number of carbonyl (C=O) groups excluding carboxylic acids is 2. The topological polar surface area (TPSA) is 135 Å². The van der Waals surface area contributed by atoms with E-state index in [0.29, 0.717) is 35.5 Å². The van der Waals surface area contributed by atoms with Crippen LogP contribution in [-0.4, -0.2) is 56.8 Å². The number of ether oxygens (including phenoxy) is 1. The molecule has 2 aliphatic heterocycles. The number of hydrogen-bond acceptors (Lipinski definition) is 7. The van der Waals surface area contributed by atoms with Gasteiger partial charge in [0.05, 0.1) is 24.2 Å². The summed E-state index contributed by atoms with van der Waals surface area (Å²) >= 11 is 0. The molecule has 1 unspecified atom stereocenters. The molecule has 4 N–H and O–H groups in total. The molecule has 3 aromatic rings. The van der Waals surface area contributed by atoms with Crippen molar-refractivity contribution < 1.29 is 19.4 Å². The Morgan fingerprint density at radius 2 is 2.12 bits per heavy atom. The van der Waals surface area contributed by atoms with Gasteiger partial charge in [-0.3, -0.25) is 9.59 Å². The number of aliphatic hydroxyl groups is 1. The number of rotatable bonds is 6. The highest BCUT2D eigenvalue weighted by atomic mass is 16.5. The van der Waals surface area contributed by atoms with E-state index in [0.717, 1.165) is 37.2 Å². The van der Waals surface area contributed by atoms with Crippen molar-refractivity contribution in [1.29, 1.82) is 0 Å². The molecule has 2 aromatic heterocycles. The molecule has 0 saturated carbocycles. The first-order chi connectivity index (χ1) is 16.3. The number of amides is 2. The van der Waals surface area contributed by atoms with Gasteiger partial charge < -0.3 is 25.8 Å². The lowest BCUT2D eigenvalue weighted by molar-refractivity contribution is -0.119. The first-order valence-corrected chi connectivity index (χ1v) is 11.4. The molecule has 0 aliphatic carbocycles. The van der Waals surface area contributed by atoms with E-state index in [-0.39, 0.29) is 24.3 Å². The average Bonchev–Trinajstić information content (AvgIpc) is 3.39. The van der Waals surface area contributed by atoms with Crippen molar-refractivity contribution in [2.75, 3.05) is 29.9 Å². The van der Waals surface area contributed by atoms with Crippen molar-refractivity contribution >= 4 is 28.8 Å². The van der Waals surface area contributed by atoms with Crippen LogP contribution in [0.4, 0.5) is 11.4 Å². The number of aromatic nitrogens is 3. The highest BCUT2D eigenvalue weighted by Gasteiger charge is 2.36. The summed E-state index contributed by atoms with van der Waals surface area (Å²) in [5.74, 6) is 0.395. The second kappa shape index (κ2) is 8.60. The van der Waals surface area contributed by atoms with Crippen molar-refractivity contribution in [1.82, 2.24) is 14.6 Å². The lowest BCUT2D eigenvalue weighted by Crippen LogP contribution is -2.35. The van der Waals surface area contributed by atoms with Crippen molar-refractivity contribution in [3.05, 3.63) is 47.9 Å². The molecular weight excluding hydrogens is 436 g/mol. The molecule has 1 saturated heterocycles. The van der Waals surface area contributed by atoms with E-state index in [4.69, 9.17) is 10.5 Å². The Kier molecular flexibility index (Phi) is 5.60. The fourth-order valence-corrected chi connectivity index (χ4v) is 4.84. The number of carbonyl (C=O) groups is 2. The fraction of sp³-hybridized carbons (Fsp3) is 0.417. The van der Waals surface area contributed by atoms with Gasteiger partial charge in [-0.15, -0.1) is 0 Å². The molecule has 0 spiro atoms. The van der Waals surface area contributed by atoms with Gasteiger partial charge in [-0.1, -0.05) is 0 Å². The Hall–Kier alpha value is -3.66. The van der Waals surface area contributed by atoms with Crippen LogP contribution in [0.2, 0.25) is 0 Å². The van der Waals surface area contributed by atoms with Gasteiger partial charge in [0.2, 0.25) is 5.91 Å². The number of hydrogen-bond donors (Lipinski definition) is 3. The molecule has 10 nitrogen and oxygen atoms in total. The quantitative estimate of drug-likeness (QED) is 0.506. The van der Waals surface area contributed by atoms with E-state index >= 15 is 0 Å². The van der Waals surface area contributed by atoms with Crippen molar-refractivity contribution in [2.24, 2.45) is 11.7 Å². The van der Waals surface area contributed by atoms with Crippen molar-refractivity contribution in [2.45, 2.75) is 38.2 Å². The fourth-order valence-electron chi connectivity index (χ4n) is 4.84. The summed E-state index contributed by atoms with van der Waals surface area (Å²) in [5.41, 5.74) is 7.99. The number of nitrogens with one attached hydrogen (secondary N) is 1. The van der Waals surface area contributed by atoms with Crippen LogP contribution in [0.5, 0.6) is 5.75 Å². The largest absolute Gasteiger partial charge is 0.484 e. The Labute approximate surface area is 196 Å². The maximum Gasteiger partial charge on any atom is 0.261 e. The van der Waals surface area contributed by atoms with Crippen LogP contribution in [-0.2, 0) is 11.2 Å². The van der Waals surface area contributed by atoms with E-state index in [1.165, 1.54) is 6.20 Å². The van der Waals surface area contributed by atoms with Gasteiger partial charge in [0.15, 0.2) is 5.65 Å². The van der Waals surface area contributed by atoms with Crippen LogP contribution in [0.15, 0.2) is 36.8 Å². The van der Waals surface area contributed by atoms with Crippen LogP contribution < -0.4 is 20.7 Å². The molecule has 2 amide bonds. The third kappa shape index (κ3) is 4.16. The standard InChI is InChI=1S/C24H28N6O4/c1-24(14-31)12-16-10-18(28-23(33)17-13-27-30-6-2-5-26-22(17)30)19(11-20(16)34-24)29-7-3-15(4-8-29)9-21(25)32/h2,5-6,10-11,13,15,31H,3-4,7-9,12,14H2,1H3,(H2,25,32)(H,28,33). The van der Waals surface area contributed by atoms with E-state index in [1.807, 2.05) is 19.1 Å². The molecular formula is C24H28N6O4. The molecule has 4 heterocycles. The summed E-state index contributed by atoms with van der Waals surface area (Å²) in [6.07, 6.45) is 7.47. The average molecular weight is 465 g/mol. The molecule has 5 rings (SSSR count). The summed E-state index contributed by atoms with van der Waals surface area (Å²) in [6.45, 7) is 3.22. The molecule has 1 atom stereocenters. The van der Waals surface area contributed by atoms with Crippen LogP contribution in [0.3, 0.4) is 0 Å². The van der Waals surface area contributed by atoms with Crippen LogP contribution in [0.25, 0.3) is 5.65 Å². The second-order valence-electron chi connectivity index (χ2n) is 9.37. The summed E-state index contributed by atoms with van der Waals surface area (Å²) in [5, 5.41) is 17.1. The minimum atomic E-state index is -0.691. The monoisotopic (exact) mass is 464 g/mol. The van der Waals surface area contributed by atoms with Gasteiger partial charge in [-0.2, -0.15) is 5.10 Å². The zero-order valence-corrected chi connectivity index (χ0v) is 19.0. The number of nitrogens with zero attached hydrogens (tertiary/aromatic N) is 4. The Bertz CT molecular complexity index is 1250. The molecule has 0 bridgehead atoms. The first-order valence-electron chi connectivity index (χ1n) is 11.4. The maximum absolute atomic E-state index is 13.2. The zero-order chi connectivity index (χ0) is 23.9. The minimum Gasteiger partial charge on any atom is -0.484 e. The highest BCUT2D eigenvalue weighted by Crippen LogP contribution is 2.42. The molecule has 1 fully saturated rings. The van der Waals surface area contributed by atoms with Crippen LogP contribution in [0.1, 0.15) is 42.1 Å². The minimum absolute atomic E-state index is 0.106. The number of fused-ring (bicyclic) bond motifs is 2. The van der Waals surface area contributed by atoms with Crippen LogP contribution >= 0.6 is 0 Å². The molecule has 0 radical (unpaired) electrons. The Balaban J connectivity index is 1.45. The van der Waals surface area contributed by atoms with Gasteiger partial charge >= 0.3 is 0 Å². The molecule has 34 heavy (non-hydrogen) atoms. The predicted octanol–water partition coefficient (Wildman–Crippen LogP) is 1.76. The molecule has 2 aliphatic rings. The van der Waals surface area contributed by atoms with Gasteiger partial charge in [-0.05, 0) is 37.8 Å². The number of benzene rings is 1. The lowest BCUT2D eigenvalue weighted by Gasteiger charge is -2.34. The summed E-state index contributed by atoms with van der Waals surface area (Å²) in [4.78, 5) is 31.0. The zero-order valence-electron chi connectivity index (χ0n) is 19.0. The van der Waals surface area contributed by atoms with Crippen molar-refractivity contribution in [3.8, 4) is 5.75 Å². The van der Waals surface area contributed by atoms with Crippen LogP contribution in [0, 0.1) is 5.92 Å². The molecule has 1 aromatic carbocycles. The summed E-state index contributed by atoms with van der Waals surface area (Å²) < 4.78 is 7.62. The van der Waals surface area contributed by atoms with Gasteiger partial charge in [-0.25, -0.2) is 9.50 Å². The second-order valence-corrected chi connectivity index (χ2v) is 9.37. The van der Waals surface area contributed by atoms with Gasteiger partial charge in [0, 0.05) is 50.0 Å². The summed E-state index contributed by atoms with van der Waals surface area (Å²) in [7, 11) is 0. The van der Waals surface area contributed by atoms with E-state index in [9.17, 15) is 14.7 Å². The normalized spacial score (nSPS) is 20.2. The first kappa shape index (κ1) is 22.1. The predicted molar refractivity (Wildman–Crippen MR) is 126 cm³/mol. The third-order valence-electron chi connectivity index (χ3n) is 6.65. The number of nitrogens with two attached hydrogens (primary N) is 1. The number of piperidine rings is 1. The van der Waals surface area contributed by atoms with E-state index in [1.54, 1.807) is 23.0 Å². The summed E-state index contributed by atoms with van der Waals surface area (Å²) in [6, 6.07) is 5.62. The number of aliphatic hydroxyl groups excluding tert-OH is 1. The third-order valence-corrected chi connectivity index (χ3v) is 6.65. The Morgan fingerprint density at radius 1 is 1.32 bits per heavy atom. The van der Waals surface area contributed by atoms with E-state index < -0.39 is 5.60 Å². The molecule has 10 heteroatoms.